The van der Waals surface area contributed by atoms with Gasteiger partial charge in [-0.25, -0.2) is 4.79 Å². The Kier molecular flexibility index (Phi) is 5.16. The van der Waals surface area contributed by atoms with Crippen molar-refractivity contribution in [3.8, 4) is 0 Å². The van der Waals surface area contributed by atoms with Crippen LogP contribution in [-0.2, 0) is 9.39 Å². The van der Waals surface area contributed by atoms with Crippen molar-refractivity contribution in [1.82, 2.24) is 4.90 Å². The minimum atomic E-state index is -0.965. The highest BCUT2D eigenvalue weighted by Crippen LogP contribution is 2.26. The average Bonchev–Trinajstić information content (AvgIpc) is 2.71. The average molecular weight is 296 g/mol. The number of aliphatic hydroxyl groups is 1. The number of hydrogen-bond acceptors (Lipinski definition) is 4. The molecule has 1 aliphatic heterocycles. The van der Waals surface area contributed by atoms with E-state index in [1.165, 1.54) is 4.90 Å². The van der Waals surface area contributed by atoms with Gasteiger partial charge in [0.2, 0.25) is 0 Å². The lowest BCUT2D eigenvalue weighted by molar-refractivity contribution is -0.0897. The fraction of sp³-hybridized carbons (Fsp3) is 0.800. The molecule has 21 heavy (non-hydrogen) atoms. The number of rotatable bonds is 4. The molecule has 0 atom stereocenters. The van der Waals surface area contributed by atoms with E-state index in [-0.39, 0.29) is 6.09 Å². The molecule has 0 aliphatic carbocycles. The Hall–Kier alpha value is -1.01. The fourth-order valence-corrected chi connectivity index (χ4v) is 1.50. The molecule has 0 unspecified atom stereocenters. The summed E-state index contributed by atoms with van der Waals surface area (Å²) in [5.41, 5.74) is -1.28. The van der Waals surface area contributed by atoms with Gasteiger partial charge < -0.3 is 14.5 Å². The Morgan fingerprint density at radius 3 is 2.29 bits per heavy atom. The maximum atomic E-state index is 11.9. The Labute approximate surface area is 128 Å². The van der Waals surface area contributed by atoms with Crippen LogP contribution in [0.3, 0.4) is 0 Å². The summed E-state index contributed by atoms with van der Waals surface area (Å²) in [6.45, 7) is 13.2. The molecule has 0 fully saturated rings. The van der Waals surface area contributed by atoms with Crippen LogP contribution in [0.4, 0.5) is 4.79 Å². The summed E-state index contributed by atoms with van der Waals surface area (Å²) in [6.07, 6.45) is 2.09. The molecule has 1 aliphatic rings. The molecule has 1 N–H and O–H groups in total. The lowest BCUT2D eigenvalue weighted by Crippen LogP contribution is -2.48. The van der Waals surface area contributed by atoms with Gasteiger partial charge in [-0.05, 0) is 54.9 Å². The first kappa shape index (κ1) is 18.0. The first-order valence-corrected chi connectivity index (χ1v) is 7.25. The van der Waals surface area contributed by atoms with E-state index in [2.05, 4.69) is 0 Å². The second-order valence-corrected chi connectivity index (χ2v) is 7.43. The van der Waals surface area contributed by atoms with Crippen molar-refractivity contribution in [2.24, 2.45) is 0 Å². The Bertz CT molecular complexity index is 418. The minimum absolute atomic E-state index is 0.354. The largest absolute Gasteiger partial charge is 0.443 e. The number of amides is 1. The highest BCUT2D eigenvalue weighted by atomic mass is 16.6. The summed E-state index contributed by atoms with van der Waals surface area (Å²) in [4.78, 5) is 13.5. The van der Waals surface area contributed by atoms with Gasteiger partial charge in [-0.1, -0.05) is 5.47 Å². The van der Waals surface area contributed by atoms with Crippen LogP contribution in [0.15, 0.2) is 11.7 Å². The third-order valence-electron chi connectivity index (χ3n) is 3.57. The molecule has 1 rings (SSSR count). The van der Waals surface area contributed by atoms with Gasteiger partial charge in [0.15, 0.2) is 0 Å². The van der Waals surface area contributed by atoms with Crippen molar-refractivity contribution in [3.63, 3.8) is 0 Å². The number of nitrogens with zero attached hydrogens (tertiary/aromatic N) is 1. The quantitative estimate of drug-likeness (QED) is 0.810. The third kappa shape index (κ3) is 5.36. The Morgan fingerprint density at radius 1 is 1.24 bits per heavy atom. The molecule has 1 radical (unpaired) electrons. The first-order valence-electron chi connectivity index (χ1n) is 7.25. The lowest BCUT2D eigenvalue weighted by Gasteiger charge is -2.37. The van der Waals surface area contributed by atoms with E-state index in [0.29, 0.717) is 13.0 Å². The van der Waals surface area contributed by atoms with Gasteiger partial charge >= 0.3 is 13.6 Å². The van der Waals surface area contributed by atoms with Crippen LogP contribution in [0.5, 0.6) is 0 Å². The van der Waals surface area contributed by atoms with Gasteiger partial charge in [-0.2, -0.15) is 0 Å². The zero-order valence-electron chi connectivity index (χ0n) is 14.2. The number of hydrogen-bond donors (Lipinski definition) is 1. The lowest BCUT2D eigenvalue weighted by atomic mass is 9.82. The SMILES string of the molecule is CC(C)(C)OC(=O)N1C=C([B]OC(C)(C)C(C)(C)O)CC1. The van der Waals surface area contributed by atoms with Gasteiger partial charge in [-0.15, -0.1) is 0 Å². The molecular formula is C15H27BNO4. The van der Waals surface area contributed by atoms with Crippen LogP contribution in [0, 0.1) is 0 Å². The van der Waals surface area contributed by atoms with Gasteiger partial charge in [0, 0.05) is 12.7 Å². The van der Waals surface area contributed by atoms with Crippen LogP contribution in [-0.4, -0.2) is 46.9 Å². The topological polar surface area (TPSA) is 59.0 Å². The zero-order chi connectivity index (χ0) is 16.5. The van der Waals surface area contributed by atoms with Crippen LogP contribution in [0.25, 0.3) is 0 Å². The van der Waals surface area contributed by atoms with E-state index < -0.39 is 16.8 Å². The van der Waals surface area contributed by atoms with Crippen molar-refractivity contribution in [2.45, 2.75) is 71.7 Å². The predicted molar refractivity (Wildman–Crippen MR) is 82.9 cm³/mol. The fourth-order valence-electron chi connectivity index (χ4n) is 1.50. The summed E-state index contributed by atoms with van der Waals surface area (Å²) in [5, 5.41) is 10.0. The van der Waals surface area contributed by atoms with Crippen LogP contribution >= 0.6 is 0 Å². The van der Waals surface area contributed by atoms with Gasteiger partial charge in [0.05, 0.1) is 11.2 Å². The van der Waals surface area contributed by atoms with Crippen molar-refractivity contribution in [1.29, 1.82) is 0 Å². The maximum Gasteiger partial charge on any atom is 0.414 e. The molecule has 0 aromatic heterocycles. The van der Waals surface area contributed by atoms with Crippen LogP contribution < -0.4 is 0 Å². The molecule has 1 heterocycles. The summed E-state index contributed by atoms with van der Waals surface area (Å²) < 4.78 is 11.0. The molecule has 0 saturated heterocycles. The molecular weight excluding hydrogens is 269 g/mol. The van der Waals surface area contributed by atoms with Gasteiger partial charge in [-0.3, -0.25) is 4.90 Å². The molecule has 0 spiro atoms. The van der Waals surface area contributed by atoms with Crippen LogP contribution in [0.2, 0.25) is 0 Å². The predicted octanol–water partition coefficient (Wildman–Crippen LogP) is 2.65. The van der Waals surface area contributed by atoms with Crippen molar-refractivity contribution in [3.05, 3.63) is 11.7 Å². The van der Waals surface area contributed by atoms with E-state index in [4.69, 9.17) is 9.39 Å². The van der Waals surface area contributed by atoms with Crippen LogP contribution in [0.1, 0.15) is 54.9 Å². The van der Waals surface area contributed by atoms with E-state index >= 15 is 0 Å². The summed E-state index contributed by atoms with van der Waals surface area (Å²) in [6, 6.07) is 0. The normalized spacial score (nSPS) is 16.8. The second-order valence-electron chi connectivity index (χ2n) is 7.43. The molecule has 119 valence electrons. The molecule has 0 saturated carbocycles. The Morgan fingerprint density at radius 2 is 1.81 bits per heavy atom. The highest BCUT2D eigenvalue weighted by molar-refractivity contribution is 6.38. The van der Waals surface area contributed by atoms with Crippen molar-refractivity contribution >= 4 is 13.6 Å². The van der Waals surface area contributed by atoms with E-state index in [0.717, 1.165) is 5.47 Å². The third-order valence-corrected chi connectivity index (χ3v) is 3.57. The standard InChI is InChI=1S/C15H27BNO4/c1-13(2,3)20-12(18)17-9-8-11(10-17)16-21-15(6,7)14(4,5)19/h10,19H,8-9H2,1-7H3. The van der Waals surface area contributed by atoms with Gasteiger partial charge in [0.1, 0.15) is 5.60 Å². The van der Waals surface area contributed by atoms with Crippen molar-refractivity contribution < 1.29 is 19.3 Å². The maximum absolute atomic E-state index is 11.9. The monoisotopic (exact) mass is 296 g/mol. The minimum Gasteiger partial charge on any atom is -0.443 e. The van der Waals surface area contributed by atoms with E-state index in [1.807, 2.05) is 34.6 Å². The van der Waals surface area contributed by atoms with E-state index in [1.54, 1.807) is 27.5 Å². The summed E-state index contributed by atoms with van der Waals surface area (Å²) >= 11 is 0. The van der Waals surface area contributed by atoms with Gasteiger partial charge in [0.25, 0.3) is 0 Å². The molecule has 0 bridgehead atoms. The molecule has 1 amide bonds. The number of carbonyl (C=O) groups excluding carboxylic acids is 1. The molecule has 5 nitrogen and oxygen atoms in total. The summed E-state index contributed by atoms with van der Waals surface area (Å²) in [5.74, 6) is 0. The van der Waals surface area contributed by atoms with E-state index in [9.17, 15) is 9.90 Å². The molecule has 6 heteroatoms. The first-order chi connectivity index (χ1) is 9.32. The number of carbonyl (C=O) groups is 1. The smallest absolute Gasteiger partial charge is 0.414 e. The zero-order valence-corrected chi connectivity index (χ0v) is 14.2. The highest BCUT2D eigenvalue weighted by Gasteiger charge is 2.36. The molecule has 0 aromatic carbocycles. The molecule has 0 aromatic rings. The second kappa shape index (κ2) is 6.01. The van der Waals surface area contributed by atoms with Crippen molar-refractivity contribution in [2.75, 3.05) is 6.54 Å². The number of ether oxygens (including phenoxy) is 1. The summed E-state index contributed by atoms with van der Waals surface area (Å²) in [7, 11) is 1.61. The Balaban J connectivity index is 2.56.